The molecule has 0 aliphatic carbocycles. The maximum absolute atomic E-state index is 13.2. The summed E-state index contributed by atoms with van der Waals surface area (Å²) in [5.74, 6) is 0.694. The zero-order valence-electron chi connectivity index (χ0n) is 16.0. The minimum atomic E-state index is -0.0304. The zero-order valence-corrected chi connectivity index (χ0v) is 16.8. The fourth-order valence-corrected chi connectivity index (χ4v) is 3.97. The lowest BCUT2D eigenvalue weighted by Crippen LogP contribution is -2.03. The molecule has 0 bridgehead atoms. The van der Waals surface area contributed by atoms with E-state index in [1.54, 1.807) is 31.4 Å². The van der Waals surface area contributed by atoms with Gasteiger partial charge in [0, 0.05) is 17.7 Å². The number of hydrogen-bond acceptors (Lipinski definition) is 5. The van der Waals surface area contributed by atoms with Gasteiger partial charge in [-0.15, -0.1) is 0 Å². The number of para-hydroxylation sites is 1. The third kappa shape index (κ3) is 4.52. The molecule has 0 atom stereocenters. The van der Waals surface area contributed by atoms with Crippen LogP contribution in [0.3, 0.4) is 0 Å². The van der Waals surface area contributed by atoms with Gasteiger partial charge in [-0.25, -0.2) is 4.98 Å². The average molecular weight is 401 g/mol. The summed E-state index contributed by atoms with van der Waals surface area (Å²) >= 11 is 1.38. The molecule has 5 heteroatoms. The molecule has 3 aromatic carbocycles. The van der Waals surface area contributed by atoms with E-state index in [4.69, 9.17) is 9.72 Å². The third-order valence-corrected chi connectivity index (χ3v) is 5.51. The van der Waals surface area contributed by atoms with Crippen LogP contribution >= 0.6 is 11.3 Å². The van der Waals surface area contributed by atoms with Crippen LogP contribution in [0.15, 0.2) is 84.9 Å². The van der Waals surface area contributed by atoms with Crippen LogP contribution in [0.2, 0.25) is 0 Å². The first-order valence-electron chi connectivity index (χ1n) is 9.27. The number of ketones is 1. The quantitative estimate of drug-likeness (QED) is 0.403. The van der Waals surface area contributed by atoms with Gasteiger partial charge in [0.15, 0.2) is 5.13 Å². The van der Waals surface area contributed by atoms with Gasteiger partial charge in [0.25, 0.3) is 0 Å². The number of aromatic nitrogens is 1. The molecule has 1 N–H and O–H groups in total. The number of benzene rings is 3. The number of carbonyl (C=O) groups is 1. The van der Waals surface area contributed by atoms with E-state index in [9.17, 15) is 4.79 Å². The molecular weight excluding hydrogens is 380 g/mol. The van der Waals surface area contributed by atoms with Crippen LogP contribution in [0.1, 0.15) is 26.5 Å². The van der Waals surface area contributed by atoms with E-state index in [-0.39, 0.29) is 5.78 Å². The summed E-state index contributed by atoms with van der Waals surface area (Å²) in [7, 11) is 1.61. The summed E-state index contributed by atoms with van der Waals surface area (Å²) < 4.78 is 5.20. The number of methoxy groups -OCH3 is 1. The van der Waals surface area contributed by atoms with E-state index in [1.807, 2.05) is 60.7 Å². The molecule has 4 nitrogen and oxygen atoms in total. The molecule has 1 aromatic heterocycles. The number of thiazole rings is 1. The molecule has 0 amide bonds. The molecule has 0 spiro atoms. The first kappa shape index (κ1) is 18.9. The lowest BCUT2D eigenvalue weighted by atomic mass is 10.0. The maximum Gasteiger partial charge on any atom is 0.204 e. The van der Waals surface area contributed by atoms with Crippen molar-refractivity contribution in [3.63, 3.8) is 0 Å². The second-order valence-electron chi connectivity index (χ2n) is 6.51. The molecule has 0 saturated carbocycles. The highest BCUT2D eigenvalue weighted by Gasteiger charge is 2.20. The molecule has 0 aliphatic rings. The molecule has 0 radical (unpaired) electrons. The Morgan fingerprint density at radius 3 is 2.24 bits per heavy atom. The molecule has 1 heterocycles. The number of nitrogens with zero attached hydrogens (tertiary/aromatic N) is 1. The van der Waals surface area contributed by atoms with Gasteiger partial charge in [-0.1, -0.05) is 59.9 Å². The van der Waals surface area contributed by atoms with Gasteiger partial charge >= 0.3 is 0 Å². The highest BCUT2D eigenvalue weighted by Crippen LogP contribution is 2.30. The number of rotatable bonds is 7. The highest BCUT2D eigenvalue weighted by molar-refractivity contribution is 7.17. The zero-order chi connectivity index (χ0) is 20.1. The molecule has 0 fully saturated rings. The Kier molecular flexibility index (Phi) is 5.68. The topological polar surface area (TPSA) is 51.2 Å². The van der Waals surface area contributed by atoms with Gasteiger partial charge < -0.3 is 10.1 Å². The van der Waals surface area contributed by atoms with Crippen LogP contribution in [0.4, 0.5) is 10.8 Å². The molecule has 29 heavy (non-hydrogen) atoms. The molecule has 144 valence electrons. The van der Waals surface area contributed by atoms with Gasteiger partial charge in [0.1, 0.15) is 10.6 Å². The number of carbonyl (C=O) groups excluding carboxylic acids is 1. The summed E-state index contributed by atoms with van der Waals surface area (Å²) in [5, 5.41) is 4.02. The fraction of sp³-hybridized carbons (Fsp3) is 0.0833. The Labute approximate surface area is 173 Å². The first-order valence-corrected chi connectivity index (χ1v) is 10.1. The average Bonchev–Trinajstić information content (AvgIpc) is 3.16. The number of nitrogens with one attached hydrogen (secondary N) is 1. The summed E-state index contributed by atoms with van der Waals surface area (Å²) in [4.78, 5) is 18.6. The fourth-order valence-electron chi connectivity index (χ4n) is 3.01. The number of ether oxygens (including phenoxy) is 1. The van der Waals surface area contributed by atoms with Gasteiger partial charge in [-0.2, -0.15) is 0 Å². The predicted octanol–water partition coefficient (Wildman–Crippen LogP) is 5.72. The van der Waals surface area contributed by atoms with Crippen LogP contribution < -0.4 is 10.1 Å². The largest absolute Gasteiger partial charge is 0.497 e. The predicted molar refractivity (Wildman–Crippen MR) is 118 cm³/mol. The van der Waals surface area contributed by atoms with Gasteiger partial charge in [-0.3, -0.25) is 4.79 Å². The van der Waals surface area contributed by atoms with Crippen molar-refractivity contribution in [2.75, 3.05) is 12.4 Å². The maximum atomic E-state index is 13.2. The second kappa shape index (κ2) is 8.71. The standard InChI is InChI=1S/C24H20N2O2S/c1-28-20-14-12-18(13-15-20)22(27)23-21(16-17-8-4-2-5-9-17)26-24(29-23)25-19-10-6-3-7-11-19/h2-15H,16H2,1H3,(H,25,26). The van der Waals surface area contributed by atoms with Gasteiger partial charge in [0.05, 0.1) is 12.8 Å². The van der Waals surface area contributed by atoms with Crippen molar-refractivity contribution in [2.24, 2.45) is 0 Å². The molecule has 4 rings (SSSR count). The van der Waals surface area contributed by atoms with Crippen molar-refractivity contribution in [1.29, 1.82) is 0 Å². The van der Waals surface area contributed by atoms with Crippen LogP contribution in [0.5, 0.6) is 5.75 Å². The van der Waals surface area contributed by atoms with E-state index < -0.39 is 0 Å². The minimum Gasteiger partial charge on any atom is -0.497 e. The van der Waals surface area contributed by atoms with Crippen molar-refractivity contribution in [3.8, 4) is 5.75 Å². The third-order valence-electron chi connectivity index (χ3n) is 4.50. The summed E-state index contributed by atoms with van der Waals surface area (Å²) in [6.07, 6.45) is 0.602. The van der Waals surface area contributed by atoms with E-state index in [2.05, 4.69) is 5.32 Å². The van der Waals surface area contributed by atoms with Crippen molar-refractivity contribution in [3.05, 3.63) is 107 Å². The summed E-state index contributed by atoms with van der Waals surface area (Å²) in [5.41, 5.74) is 3.46. The smallest absolute Gasteiger partial charge is 0.204 e. The van der Waals surface area contributed by atoms with Gasteiger partial charge in [-0.05, 0) is 42.0 Å². The monoisotopic (exact) mass is 400 g/mol. The van der Waals surface area contributed by atoms with Crippen LogP contribution in [0.25, 0.3) is 0 Å². The summed E-state index contributed by atoms with van der Waals surface area (Å²) in [6, 6.07) is 27.1. The highest BCUT2D eigenvalue weighted by atomic mass is 32.1. The van der Waals surface area contributed by atoms with Gasteiger partial charge in [0.2, 0.25) is 5.78 Å². The van der Waals surface area contributed by atoms with Crippen LogP contribution in [-0.4, -0.2) is 17.9 Å². The second-order valence-corrected chi connectivity index (χ2v) is 7.50. The van der Waals surface area contributed by atoms with E-state index in [0.717, 1.165) is 22.7 Å². The van der Waals surface area contributed by atoms with Crippen molar-refractivity contribution >= 4 is 27.9 Å². The molecule has 4 aromatic rings. The minimum absolute atomic E-state index is 0.0304. The van der Waals surface area contributed by atoms with Crippen molar-refractivity contribution < 1.29 is 9.53 Å². The summed E-state index contributed by atoms with van der Waals surface area (Å²) in [6.45, 7) is 0. The van der Waals surface area contributed by atoms with Crippen LogP contribution in [-0.2, 0) is 6.42 Å². The number of hydrogen-bond donors (Lipinski definition) is 1. The molecule has 0 unspecified atom stereocenters. The van der Waals surface area contributed by atoms with Crippen molar-refractivity contribution in [1.82, 2.24) is 4.98 Å². The first-order chi connectivity index (χ1) is 14.2. The van der Waals surface area contributed by atoms with Crippen LogP contribution in [0, 0.1) is 0 Å². The van der Waals surface area contributed by atoms with E-state index in [0.29, 0.717) is 22.0 Å². The Morgan fingerprint density at radius 1 is 0.931 bits per heavy atom. The SMILES string of the molecule is COc1ccc(C(=O)c2sc(Nc3ccccc3)nc2Cc2ccccc2)cc1. The molecule has 0 saturated heterocycles. The number of anilines is 2. The Morgan fingerprint density at radius 2 is 1.59 bits per heavy atom. The lowest BCUT2D eigenvalue weighted by molar-refractivity contribution is 0.104. The molecular formula is C24H20N2O2S. The lowest BCUT2D eigenvalue weighted by Gasteiger charge is -2.04. The van der Waals surface area contributed by atoms with E-state index >= 15 is 0 Å². The Bertz CT molecular complexity index is 1090. The van der Waals surface area contributed by atoms with E-state index in [1.165, 1.54) is 11.3 Å². The normalized spacial score (nSPS) is 10.5. The Balaban J connectivity index is 1.68. The molecule has 0 aliphatic heterocycles. The van der Waals surface area contributed by atoms with Crippen molar-refractivity contribution in [2.45, 2.75) is 6.42 Å². The Hall–Kier alpha value is -3.44.